The molecule has 0 aromatic heterocycles. The molecule has 0 N–H and O–H groups in total. The Kier molecular flexibility index (Phi) is 5.75. The van der Waals surface area contributed by atoms with E-state index in [1.807, 2.05) is 24.8 Å². The topological polar surface area (TPSA) is 20.3 Å². The van der Waals surface area contributed by atoms with Gasteiger partial charge in [0.1, 0.15) is 0 Å². The van der Waals surface area contributed by atoms with E-state index in [0.29, 0.717) is 5.92 Å². The third-order valence-corrected chi connectivity index (χ3v) is 3.14. The zero-order chi connectivity index (χ0) is 12.7. The molecule has 0 saturated carbocycles. The molecule has 94 valence electrons. The van der Waals surface area contributed by atoms with Gasteiger partial charge in [0.15, 0.2) is 0 Å². The molecule has 2 heteroatoms. The van der Waals surface area contributed by atoms with Crippen LogP contribution in [0.15, 0.2) is 30.3 Å². The molecule has 1 saturated heterocycles. The minimum Gasteiger partial charge on any atom is -0.342 e. The largest absolute Gasteiger partial charge is 0.342 e. The second-order valence-electron chi connectivity index (χ2n) is 4.21. The van der Waals surface area contributed by atoms with Gasteiger partial charge in [-0.3, -0.25) is 4.79 Å². The van der Waals surface area contributed by atoms with Crippen molar-refractivity contribution in [2.24, 2.45) is 0 Å². The molecule has 0 spiro atoms. The first-order chi connectivity index (χ1) is 8.27. The fourth-order valence-electron chi connectivity index (χ4n) is 2.26. The van der Waals surface area contributed by atoms with Gasteiger partial charge in [-0.25, -0.2) is 0 Å². The average Bonchev–Trinajstić information content (AvgIpc) is 2.42. The zero-order valence-electron chi connectivity index (χ0n) is 11.1. The van der Waals surface area contributed by atoms with Crippen LogP contribution in [0.2, 0.25) is 0 Å². The number of hydrogen-bond donors (Lipinski definition) is 0. The summed E-state index contributed by atoms with van der Waals surface area (Å²) in [4.78, 5) is 13.3. The Bertz CT molecular complexity index is 334. The molecule has 1 aromatic carbocycles. The van der Waals surface area contributed by atoms with E-state index < -0.39 is 0 Å². The predicted molar refractivity (Wildman–Crippen MR) is 72.0 cm³/mol. The highest BCUT2D eigenvalue weighted by atomic mass is 16.2. The van der Waals surface area contributed by atoms with Crippen LogP contribution in [0.1, 0.15) is 45.1 Å². The fourth-order valence-corrected chi connectivity index (χ4v) is 2.26. The maximum atomic E-state index is 11.3. The third kappa shape index (κ3) is 3.88. The lowest BCUT2D eigenvalue weighted by Gasteiger charge is -2.32. The van der Waals surface area contributed by atoms with Gasteiger partial charge in [-0.2, -0.15) is 0 Å². The van der Waals surface area contributed by atoms with Gasteiger partial charge in [0.2, 0.25) is 5.91 Å². The van der Waals surface area contributed by atoms with Crippen molar-refractivity contribution in [2.45, 2.75) is 39.5 Å². The van der Waals surface area contributed by atoms with E-state index in [9.17, 15) is 4.79 Å². The van der Waals surface area contributed by atoms with Gasteiger partial charge in [0.05, 0.1) is 0 Å². The van der Waals surface area contributed by atoms with Crippen LogP contribution in [0.3, 0.4) is 0 Å². The number of likely N-dealkylation sites (tertiary alicyclic amines) is 1. The van der Waals surface area contributed by atoms with Crippen molar-refractivity contribution in [3.05, 3.63) is 35.9 Å². The van der Waals surface area contributed by atoms with E-state index in [1.165, 1.54) is 12.0 Å². The van der Waals surface area contributed by atoms with E-state index in [2.05, 4.69) is 24.3 Å². The molecule has 17 heavy (non-hydrogen) atoms. The van der Waals surface area contributed by atoms with E-state index >= 15 is 0 Å². The quantitative estimate of drug-likeness (QED) is 0.727. The van der Waals surface area contributed by atoms with Gasteiger partial charge in [-0.15, -0.1) is 0 Å². The van der Waals surface area contributed by atoms with Crippen LogP contribution in [-0.2, 0) is 4.79 Å². The third-order valence-electron chi connectivity index (χ3n) is 3.14. The van der Waals surface area contributed by atoms with Gasteiger partial charge in [-0.1, -0.05) is 44.2 Å². The van der Waals surface area contributed by atoms with Gasteiger partial charge >= 0.3 is 0 Å². The SMILES string of the molecule is CC.CC(=O)N1CCCC(c2ccccc2)C1. The van der Waals surface area contributed by atoms with E-state index in [-0.39, 0.29) is 5.91 Å². The summed E-state index contributed by atoms with van der Waals surface area (Å²) < 4.78 is 0. The first kappa shape index (κ1) is 13.8. The van der Waals surface area contributed by atoms with Crippen molar-refractivity contribution in [1.29, 1.82) is 0 Å². The summed E-state index contributed by atoms with van der Waals surface area (Å²) in [5.74, 6) is 0.736. The normalized spacial score (nSPS) is 19.2. The molecule has 1 aromatic rings. The van der Waals surface area contributed by atoms with Crippen LogP contribution in [0, 0.1) is 0 Å². The molecule has 0 aliphatic carbocycles. The predicted octanol–water partition coefficient (Wildman–Crippen LogP) is 3.44. The Balaban J connectivity index is 0.000000686. The summed E-state index contributed by atoms with van der Waals surface area (Å²) in [5, 5.41) is 0. The molecule has 2 rings (SSSR count). The molecule has 1 aliphatic heterocycles. The number of carbonyl (C=O) groups excluding carboxylic acids is 1. The highest BCUT2D eigenvalue weighted by Crippen LogP contribution is 2.26. The zero-order valence-corrected chi connectivity index (χ0v) is 11.1. The van der Waals surface area contributed by atoms with Gasteiger partial charge in [-0.05, 0) is 18.4 Å². The van der Waals surface area contributed by atoms with Crippen LogP contribution in [-0.4, -0.2) is 23.9 Å². The molecule has 1 unspecified atom stereocenters. The summed E-state index contributed by atoms with van der Waals surface area (Å²) in [5.41, 5.74) is 1.36. The number of piperidine rings is 1. The first-order valence-electron chi connectivity index (χ1n) is 6.58. The van der Waals surface area contributed by atoms with Gasteiger partial charge < -0.3 is 4.90 Å². The van der Waals surface area contributed by atoms with Crippen molar-refractivity contribution >= 4 is 5.91 Å². The van der Waals surface area contributed by atoms with E-state index in [1.54, 1.807) is 6.92 Å². The van der Waals surface area contributed by atoms with Crippen molar-refractivity contribution < 1.29 is 4.79 Å². The molecule has 1 amide bonds. The van der Waals surface area contributed by atoms with Gasteiger partial charge in [0, 0.05) is 25.9 Å². The van der Waals surface area contributed by atoms with Crippen LogP contribution in [0.25, 0.3) is 0 Å². The van der Waals surface area contributed by atoms with Crippen molar-refractivity contribution in [2.75, 3.05) is 13.1 Å². The second kappa shape index (κ2) is 7.10. The summed E-state index contributed by atoms with van der Waals surface area (Å²) >= 11 is 0. The Labute approximate surface area is 105 Å². The molecule has 2 nitrogen and oxygen atoms in total. The highest BCUT2D eigenvalue weighted by molar-refractivity contribution is 5.73. The van der Waals surface area contributed by atoms with E-state index in [4.69, 9.17) is 0 Å². The lowest BCUT2D eigenvalue weighted by atomic mass is 9.91. The molecule has 0 bridgehead atoms. The standard InChI is InChI=1S/C13H17NO.C2H6/c1-11(15)14-9-5-8-13(10-14)12-6-3-2-4-7-12;1-2/h2-4,6-7,13H,5,8-10H2,1H3;1-2H3. The summed E-state index contributed by atoms with van der Waals surface area (Å²) in [6.45, 7) is 7.48. The first-order valence-corrected chi connectivity index (χ1v) is 6.58. The molecule has 1 atom stereocenters. The van der Waals surface area contributed by atoms with Crippen LogP contribution in [0.4, 0.5) is 0 Å². The van der Waals surface area contributed by atoms with Crippen LogP contribution in [0.5, 0.6) is 0 Å². The Morgan fingerprint density at radius 3 is 2.47 bits per heavy atom. The highest BCUT2D eigenvalue weighted by Gasteiger charge is 2.22. The average molecular weight is 233 g/mol. The molecule has 0 radical (unpaired) electrons. The summed E-state index contributed by atoms with van der Waals surface area (Å²) in [6, 6.07) is 10.5. The number of nitrogens with zero attached hydrogens (tertiary/aromatic N) is 1. The number of rotatable bonds is 1. The van der Waals surface area contributed by atoms with Crippen molar-refractivity contribution in [3.8, 4) is 0 Å². The maximum Gasteiger partial charge on any atom is 0.219 e. The lowest BCUT2D eigenvalue weighted by molar-refractivity contribution is -0.130. The number of carbonyl (C=O) groups is 1. The molecular weight excluding hydrogens is 210 g/mol. The lowest BCUT2D eigenvalue weighted by Crippen LogP contribution is -2.37. The molecular formula is C15H23NO. The molecule has 1 fully saturated rings. The number of benzene rings is 1. The minimum absolute atomic E-state index is 0.204. The molecule has 1 aliphatic rings. The van der Waals surface area contributed by atoms with Crippen LogP contribution >= 0.6 is 0 Å². The summed E-state index contributed by atoms with van der Waals surface area (Å²) in [7, 11) is 0. The Hall–Kier alpha value is -1.31. The Morgan fingerprint density at radius 1 is 1.24 bits per heavy atom. The maximum absolute atomic E-state index is 11.3. The number of amides is 1. The molecule has 1 heterocycles. The van der Waals surface area contributed by atoms with Crippen LogP contribution < -0.4 is 0 Å². The monoisotopic (exact) mass is 233 g/mol. The number of hydrogen-bond acceptors (Lipinski definition) is 1. The van der Waals surface area contributed by atoms with Crippen molar-refractivity contribution in [3.63, 3.8) is 0 Å². The summed E-state index contributed by atoms with van der Waals surface area (Å²) in [6.07, 6.45) is 2.33. The second-order valence-corrected chi connectivity index (χ2v) is 4.21. The smallest absolute Gasteiger partial charge is 0.219 e. The van der Waals surface area contributed by atoms with E-state index in [0.717, 1.165) is 19.5 Å². The van der Waals surface area contributed by atoms with Crippen molar-refractivity contribution in [1.82, 2.24) is 4.90 Å². The van der Waals surface area contributed by atoms with Gasteiger partial charge in [0.25, 0.3) is 0 Å². The Morgan fingerprint density at radius 2 is 1.88 bits per heavy atom. The fraction of sp³-hybridized carbons (Fsp3) is 0.533. The minimum atomic E-state index is 0.204.